The molecule has 0 radical (unpaired) electrons. The fourth-order valence-corrected chi connectivity index (χ4v) is 3.01. The van der Waals surface area contributed by atoms with Crippen LogP contribution < -0.4 is 10.5 Å². The molecular formula is C23H18FN3O2. The van der Waals surface area contributed by atoms with Crippen molar-refractivity contribution in [3.63, 3.8) is 0 Å². The van der Waals surface area contributed by atoms with Gasteiger partial charge in [-0.05, 0) is 23.8 Å². The molecule has 6 heteroatoms. The van der Waals surface area contributed by atoms with Crippen LogP contribution in [0.3, 0.4) is 0 Å². The Morgan fingerprint density at radius 2 is 1.69 bits per heavy atom. The average molecular weight is 387 g/mol. The molecule has 144 valence electrons. The van der Waals surface area contributed by atoms with Crippen LogP contribution in [0.4, 0.5) is 10.3 Å². The van der Waals surface area contributed by atoms with Gasteiger partial charge in [0.2, 0.25) is 5.95 Å². The zero-order valence-electron chi connectivity index (χ0n) is 15.4. The van der Waals surface area contributed by atoms with Crippen molar-refractivity contribution in [3.8, 4) is 33.9 Å². The number of nitrogens with zero attached hydrogens (tertiary/aromatic N) is 2. The fourth-order valence-electron chi connectivity index (χ4n) is 3.01. The summed E-state index contributed by atoms with van der Waals surface area (Å²) in [5, 5.41) is 10.6. The first-order chi connectivity index (χ1) is 14.1. The van der Waals surface area contributed by atoms with E-state index in [1.165, 1.54) is 12.1 Å². The van der Waals surface area contributed by atoms with Crippen molar-refractivity contribution in [1.82, 2.24) is 9.97 Å². The third-order valence-corrected chi connectivity index (χ3v) is 4.47. The molecule has 0 aliphatic rings. The number of hydrogen-bond donors (Lipinski definition) is 2. The van der Waals surface area contributed by atoms with Crippen LogP contribution in [0.15, 0.2) is 79.0 Å². The summed E-state index contributed by atoms with van der Waals surface area (Å²) in [7, 11) is 0. The number of anilines is 1. The SMILES string of the molecule is Nc1ncc(-c2ccccc2)c(-c2ccc(OCc3ccccc3F)cc2O)n1. The van der Waals surface area contributed by atoms with Gasteiger partial charge >= 0.3 is 0 Å². The van der Waals surface area contributed by atoms with Crippen LogP contribution in [0.2, 0.25) is 0 Å². The van der Waals surface area contributed by atoms with E-state index >= 15 is 0 Å². The highest BCUT2D eigenvalue weighted by atomic mass is 19.1. The molecule has 4 rings (SSSR count). The molecule has 29 heavy (non-hydrogen) atoms. The number of nitrogen functional groups attached to an aromatic ring is 1. The first-order valence-electron chi connectivity index (χ1n) is 8.99. The predicted octanol–water partition coefficient (Wildman–Crippen LogP) is 4.82. The van der Waals surface area contributed by atoms with Gasteiger partial charge in [0.1, 0.15) is 23.9 Å². The van der Waals surface area contributed by atoms with Gasteiger partial charge in [-0.2, -0.15) is 0 Å². The molecule has 1 aromatic heterocycles. The highest BCUT2D eigenvalue weighted by Gasteiger charge is 2.15. The summed E-state index contributed by atoms with van der Waals surface area (Å²) >= 11 is 0. The van der Waals surface area contributed by atoms with E-state index in [1.54, 1.807) is 36.5 Å². The highest BCUT2D eigenvalue weighted by Crippen LogP contribution is 2.37. The second-order valence-electron chi connectivity index (χ2n) is 6.42. The summed E-state index contributed by atoms with van der Waals surface area (Å²) in [6.45, 7) is 0.0567. The van der Waals surface area contributed by atoms with E-state index in [0.29, 0.717) is 22.6 Å². The number of aromatic nitrogens is 2. The number of ether oxygens (including phenoxy) is 1. The van der Waals surface area contributed by atoms with Crippen LogP contribution in [-0.4, -0.2) is 15.1 Å². The lowest BCUT2D eigenvalue weighted by Gasteiger charge is -2.13. The second-order valence-corrected chi connectivity index (χ2v) is 6.42. The Morgan fingerprint density at radius 3 is 2.45 bits per heavy atom. The van der Waals surface area contributed by atoms with Crippen LogP contribution in [-0.2, 0) is 6.61 Å². The molecular weight excluding hydrogens is 369 g/mol. The van der Waals surface area contributed by atoms with Gasteiger partial charge < -0.3 is 15.6 Å². The van der Waals surface area contributed by atoms with Gasteiger partial charge in [-0.1, -0.05) is 48.5 Å². The second kappa shape index (κ2) is 7.98. The van der Waals surface area contributed by atoms with Crippen LogP contribution in [0.5, 0.6) is 11.5 Å². The van der Waals surface area contributed by atoms with E-state index in [1.807, 2.05) is 30.3 Å². The molecule has 0 unspecified atom stereocenters. The Morgan fingerprint density at radius 1 is 0.931 bits per heavy atom. The lowest BCUT2D eigenvalue weighted by molar-refractivity contribution is 0.298. The minimum absolute atomic E-state index is 0.0219. The summed E-state index contributed by atoms with van der Waals surface area (Å²) in [6, 6.07) is 20.9. The van der Waals surface area contributed by atoms with Gasteiger partial charge in [0, 0.05) is 29.0 Å². The van der Waals surface area contributed by atoms with Crippen molar-refractivity contribution in [2.75, 3.05) is 5.73 Å². The molecule has 1 heterocycles. The summed E-state index contributed by atoms with van der Waals surface area (Å²) in [4.78, 5) is 8.42. The predicted molar refractivity (Wildman–Crippen MR) is 110 cm³/mol. The van der Waals surface area contributed by atoms with Crippen LogP contribution in [0.1, 0.15) is 5.56 Å². The quantitative estimate of drug-likeness (QED) is 0.513. The van der Waals surface area contributed by atoms with Crippen LogP contribution in [0, 0.1) is 5.82 Å². The van der Waals surface area contributed by atoms with E-state index < -0.39 is 0 Å². The van der Waals surface area contributed by atoms with E-state index in [9.17, 15) is 9.50 Å². The molecule has 3 N–H and O–H groups in total. The first kappa shape index (κ1) is 18.4. The highest BCUT2D eigenvalue weighted by molar-refractivity contribution is 5.83. The number of rotatable bonds is 5. The Bertz CT molecular complexity index is 1150. The summed E-state index contributed by atoms with van der Waals surface area (Å²) in [5.41, 5.74) is 8.88. The summed E-state index contributed by atoms with van der Waals surface area (Å²) in [5.74, 6) is 0.167. The standard InChI is InChI=1S/C23H18FN3O2/c24-20-9-5-4-8-16(20)14-29-17-10-11-18(21(28)12-17)22-19(13-26-23(25)27-22)15-6-2-1-3-7-15/h1-13,28H,14H2,(H2,25,26,27). The largest absolute Gasteiger partial charge is 0.507 e. The maximum absolute atomic E-state index is 13.7. The molecule has 0 spiro atoms. The normalized spacial score (nSPS) is 10.7. The molecule has 0 bridgehead atoms. The van der Waals surface area contributed by atoms with Gasteiger partial charge in [-0.3, -0.25) is 0 Å². The van der Waals surface area contributed by atoms with Crippen molar-refractivity contribution in [2.45, 2.75) is 6.61 Å². The monoisotopic (exact) mass is 387 g/mol. The Kier molecular flexibility index (Phi) is 5.07. The molecule has 0 aliphatic carbocycles. The fraction of sp³-hybridized carbons (Fsp3) is 0.0435. The Balaban J connectivity index is 1.65. The smallest absolute Gasteiger partial charge is 0.220 e. The molecule has 4 aromatic rings. The topological polar surface area (TPSA) is 81.3 Å². The van der Waals surface area contributed by atoms with E-state index in [2.05, 4.69) is 9.97 Å². The molecule has 5 nitrogen and oxygen atoms in total. The molecule has 0 amide bonds. The molecule has 0 atom stereocenters. The number of benzene rings is 3. The number of halogens is 1. The Labute approximate surface area is 167 Å². The third kappa shape index (κ3) is 4.01. The minimum atomic E-state index is -0.336. The molecule has 0 aliphatic heterocycles. The van der Waals surface area contributed by atoms with Gasteiger partial charge in [0.15, 0.2) is 0 Å². The van der Waals surface area contributed by atoms with Gasteiger partial charge in [-0.25, -0.2) is 14.4 Å². The van der Waals surface area contributed by atoms with Crippen molar-refractivity contribution >= 4 is 5.95 Å². The molecule has 0 saturated heterocycles. The average Bonchev–Trinajstić information content (AvgIpc) is 2.74. The minimum Gasteiger partial charge on any atom is -0.507 e. The first-order valence-corrected chi connectivity index (χ1v) is 8.99. The summed E-state index contributed by atoms with van der Waals surface area (Å²) in [6.07, 6.45) is 1.63. The van der Waals surface area contributed by atoms with Crippen molar-refractivity contribution in [1.29, 1.82) is 0 Å². The number of phenols is 1. The zero-order chi connectivity index (χ0) is 20.2. The lowest BCUT2D eigenvalue weighted by atomic mass is 10.00. The van der Waals surface area contributed by atoms with Crippen LogP contribution in [0.25, 0.3) is 22.4 Å². The number of nitrogens with two attached hydrogens (primary N) is 1. The van der Waals surface area contributed by atoms with Gasteiger partial charge in [-0.15, -0.1) is 0 Å². The van der Waals surface area contributed by atoms with Crippen LogP contribution >= 0.6 is 0 Å². The Hall–Kier alpha value is -3.93. The maximum Gasteiger partial charge on any atom is 0.220 e. The van der Waals surface area contributed by atoms with E-state index in [-0.39, 0.29) is 24.1 Å². The number of phenolic OH excluding ortho intramolecular Hbond substituents is 1. The van der Waals surface area contributed by atoms with E-state index in [4.69, 9.17) is 10.5 Å². The van der Waals surface area contributed by atoms with Crippen molar-refractivity contribution in [2.24, 2.45) is 0 Å². The summed E-state index contributed by atoms with van der Waals surface area (Å²) < 4.78 is 19.4. The number of hydrogen-bond acceptors (Lipinski definition) is 5. The van der Waals surface area contributed by atoms with Gasteiger partial charge in [0.05, 0.1) is 5.69 Å². The lowest BCUT2D eigenvalue weighted by Crippen LogP contribution is -2.00. The van der Waals surface area contributed by atoms with Crippen molar-refractivity contribution < 1.29 is 14.2 Å². The maximum atomic E-state index is 13.7. The number of aromatic hydroxyl groups is 1. The van der Waals surface area contributed by atoms with Crippen molar-refractivity contribution in [3.05, 3.63) is 90.4 Å². The van der Waals surface area contributed by atoms with Gasteiger partial charge in [0.25, 0.3) is 0 Å². The molecule has 0 fully saturated rings. The third-order valence-electron chi connectivity index (χ3n) is 4.47. The zero-order valence-corrected chi connectivity index (χ0v) is 15.4. The molecule has 3 aromatic carbocycles. The van der Waals surface area contributed by atoms with E-state index in [0.717, 1.165) is 11.1 Å². The molecule has 0 saturated carbocycles.